The predicted molar refractivity (Wildman–Crippen MR) is 125 cm³/mol. The van der Waals surface area contributed by atoms with Crippen molar-refractivity contribution in [3.8, 4) is 5.69 Å². The van der Waals surface area contributed by atoms with Gasteiger partial charge in [-0.05, 0) is 79.7 Å². The minimum atomic E-state index is -1.02. The van der Waals surface area contributed by atoms with E-state index in [0.29, 0.717) is 16.3 Å². The third-order valence-electron chi connectivity index (χ3n) is 5.06. The standard InChI is InChI=1S/C24H23N3O3S/c1-15-13-17(16(2)27(15)19-11-9-18(10-12-19)26(3)4)14-22(23(28)29)31-24-25-20-7-5-6-8-21(20)30-24/h5-14H,1-4H3,(H,28,29)/b22-14+. The van der Waals surface area contributed by atoms with Gasteiger partial charge in [-0.3, -0.25) is 0 Å². The van der Waals surface area contributed by atoms with Crippen LogP contribution in [0.15, 0.2) is 69.1 Å². The van der Waals surface area contributed by atoms with Crippen LogP contribution in [0.1, 0.15) is 17.0 Å². The van der Waals surface area contributed by atoms with Crippen LogP contribution in [0.4, 0.5) is 5.69 Å². The van der Waals surface area contributed by atoms with Gasteiger partial charge in [-0.25, -0.2) is 9.78 Å². The smallest absolute Gasteiger partial charge is 0.342 e. The molecule has 7 heteroatoms. The number of nitrogens with zero attached hydrogens (tertiary/aromatic N) is 3. The molecule has 0 radical (unpaired) electrons. The van der Waals surface area contributed by atoms with Gasteiger partial charge in [0.15, 0.2) is 5.58 Å². The number of aromatic nitrogens is 2. The third-order valence-corrected chi connectivity index (χ3v) is 5.93. The van der Waals surface area contributed by atoms with Gasteiger partial charge < -0.3 is 19.0 Å². The van der Waals surface area contributed by atoms with E-state index in [1.807, 2.05) is 58.3 Å². The van der Waals surface area contributed by atoms with Gasteiger partial charge in [0.2, 0.25) is 0 Å². The van der Waals surface area contributed by atoms with Crippen molar-refractivity contribution < 1.29 is 14.3 Å². The normalized spacial score (nSPS) is 11.8. The topological polar surface area (TPSA) is 71.5 Å². The molecule has 2 aromatic carbocycles. The molecule has 2 heterocycles. The van der Waals surface area contributed by atoms with E-state index in [-0.39, 0.29) is 4.91 Å². The number of rotatable bonds is 6. The molecule has 4 rings (SSSR count). The van der Waals surface area contributed by atoms with Gasteiger partial charge in [0.25, 0.3) is 5.22 Å². The number of carboxylic acids is 1. The molecule has 4 aromatic rings. The van der Waals surface area contributed by atoms with Gasteiger partial charge in [0.05, 0.1) is 0 Å². The number of carboxylic acid groups (broad SMARTS) is 1. The van der Waals surface area contributed by atoms with Crippen LogP contribution >= 0.6 is 11.8 Å². The Hall–Kier alpha value is -3.45. The van der Waals surface area contributed by atoms with Crippen molar-refractivity contribution in [2.45, 2.75) is 19.1 Å². The van der Waals surface area contributed by atoms with E-state index in [9.17, 15) is 9.90 Å². The van der Waals surface area contributed by atoms with Gasteiger partial charge in [0, 0.05) is 36.9 Å². The Morgan fingerprint density at radius 2 is 1.84 bits per heavy atom. The Morgan fingerprint density at radius 1 is 1.13 bits per heavy atom. The van der Waals surface area contributed by atoms with Gasteiger partial charge in [-0.15, -0.1) is 0 Å². The zero-order chi connectivity index (χ0) is 22.1. The average Bonchev–Trinajstić information content (AvgIpc) is 3.27. The number of aliphatic carboxylic acids is 1. The summed E-state index contributed by atoms with van der Waals surface area (Å²) in [6.45, 7) is 4.00. The number of thioether (sulfide) groups is 1. The molecule has 0 saturated carbocycles. The number of hydrogen-bond acceptors (Lipinski definition) is 5. The lowest BCUT2D eigenvalue weighted by Crippen LogP contribution is -2.08. The molecule has 0 aliphatic heterocycles. The van der Waals surface area contributed by atoms with Crippen molar-refractivity contribution in [3.63, 3.8) is 0 Å². The Bertz CT molecular complexity index is 1250. The second kappa shape index (κ2) is 8.35. The Labute approximate surface area is 184 Å². The van der Waals surface area contributed by atoms with Crippen molar-refractivity contribution in [1.29, 1.82) is 0 Å². The first-order valence-electron chi connectivity index (χ1n) is 9.78. The lowest BCUT2D eigenvalue weighted by molar-refractivity contribution is -0.131. The van der Waals surface area contributed by atoms with Gasteiger partial charge in [-0.2, -0.15) is 0 Å². The first-order valence-corrected chi connectivity index (χ1v) is 10.6. The summed E-state index contributed by atoms with van der Waals surface area (Å²) in [5.41, 5.74) is 6.32. The molecule has 0 spiro atoms. The van der Waals surface area contributed by atoms with Gasteiger partial charge >= 0.3 is 5.97 Å². The molecule has 0 fully saturated rings. The molecular formula is C24H23N3O3S. The van der Waals surface area contributed by atoms with E-state index in [2.05, 4.69) is 38.7 Å². The Morgan fingerprint density at radius 3 is 2.48 bits per heavy atom. The minimum absolute atomic E-state index is 0.148. The van der Waals surface area contributed by atoms with E-state index >= 15 is 0 Å². The van der Waals surface area contributed by atoms with Crippen molar-refractivity contribution in [1.82, 2.24) is 9.55 Å². The summed E-state index contributed by atoms with van der Waals surface area (Å²) in [6, 6.07) is 17.6. The Kier molecular flexibility index (Phi) is 5.61. The molecule has 6 nitrogen and oxygen atoms in total. The summed E-state index contributed by atoms with van der Waals surface area (Å²) in [4.78, 5) is 18.5. The highest BCUT2D eigenvalue weighted by Gasteiger charge is 2.17. The number of aryl methyl sites for hydroxylation is 1. The van der Waals surface area contributed by atoms with Gasteiger partial charge in [0.1, 0.15) is 10.4 Å². The average molecular weight is 434 g/mol. The first kappa shape index (κ1) is 20.8. The fourth-order valence-electron chi connectivity index (χ4n) is 3.50. The highest BCUT2D eigenvalue weighted by molar-refractivity contribution is 8.03. The maximum absolute atomic E-state index is 11.9. The van der Waals surface area contributed by atoms with Crippen molar-refractivity contribution >= 4 is 40.6 Å². The lowest BCUT2D eigenvalue weighted by atomic mass is 10.2. The van der Waals surface area contributed by atoms with Crippen LogP contribution in [-0.2, 0) is 4.79 Å². The SMILES string of the molecule is Cc1cc(/C=C(/Sc2nc3ccccc3o2)C(=O)O)c(C)n1-c1ccc(N(C)C)cc1. The second-order valence-electron chi connectivity index (χ2n) is 7.44. The fourth-order valence-corrected chi connectivity index (χ4v) is 4.23. The lowest BCUT2D eigenvalue weighted by Gasteiger charge is -2.15. The van der Waals surface area contributed by atoms with E-state index in [1.54, 1.807) is 6.08 Å². The van der Waals surface area contributed by atoms with Crippen LogP contribution < -0.4 is 4.90 Å². The molecule has 31 heavy (non-hydrogen) atoms. The summed E-state index contributed by atoms with van der Waals surface area (Å²) >= 11 is 1.01. The first-order chi connectivity index (χ1) is 14.8. The second-order valence-corrected chi connectivity index (χ2v) is 8.43. The molecule has 0 amide bonds. The maximum Gasteiger partial charge on any atom is 0.342 e. The van der Waals surface area contributed by atoms with E-state index < -0.39 is 5.97 Å². The van der Waals surface area contributed by atoms with Crippen LogP contribution in [0.5, 0.6) is 0 Å². The molecule has 1 N–H and O–H groups in total. The molecule has 0 unspecified atom stereocenters. The molecule has 0 aliphatic rings. The summed E-state index contributed by atoms with van der Waals surface area (Å²) in [6.07, 6.45) is 1.68. The molecule has 0 atom stereocenters. The van der Waals surface area contributed by atoms with Crippen LogP contribution in [0, 0.1) is 13.8 Å². The largest absolute Gasteiger partial charge is 0.477 e. The highest BCUT2D eigenvalue weighted by atomic mass is 32.2. The minimum Gasteiger partial charge on any atom is -0.477 e. The number of para-hydroxylation sites is 2. The molecule has 158 valence electrons. The summed E-state index contributed by atoms with van der Waals surface area (Å²) in [7, 11) is 4.01. The number of oxazole rings is 1. The zero-order valence-corrected chi connectivity index (χ0v) is 18.6. The van der Waals surface area contributed by atoms with Crippen LogP contribution in [0.25, 0.3) is 22.9 Å². The number of fused-ring (bicyclic) bond motifs is 1. The number of anilines is 1. The molecule has 2 aromatic heterocycles. The van der Waals surface area contributed by atoms with Crippen molar-refractivity contribution in [2.75, 3.05) is 19.0 Å². The number of carbonyl (C=O) groups is 1. The summed E-state index contributed by atoms with van der Waals surface area (Å²) in [5, 5.41) is 10.1. The predicted octanol–water partition coefficient (Wildman–Crippen LogP) is 5.52. The quantitative estimate of drug-likeness (QED) is 0.319. The monoisotopic (exact) mass is 433 g/mol. The highest BCUT2D eigenvalue weighted by Crippen LogP contribution is 2.32. The molecule has 0 aliphatic carbocycles. The van der Waals surface area contributed by atoms with Crippen LogP contribution in [0.3, 0.4) is 0 Å². The zero-order valence-electron chi connectivity index (χ0n) is 17.8. The summed E-state index contributed by atoms with van der Waals surface area (Å²) < 4.78 is 7.80. The van der Waals surface area contributed by atoms with Crippen molar-refractivity contribution in [3.05, 3.63) is 76.5 Å². The van der Waals surface area contributed by atoms with E-state index in [4.69, 9.17) is 4.42 Å². The molecule has 0 bridgehead atoms. The molecule has 0 saturated heterocycles. The number of benzene rings is 2. The third kappa shape index (κ3) is 4.22. The molecular weight excluding hydrogens is 410 g/mol. The fraction of sp³-hybridized carbons (Fsp3) is 0.167. The van der Waals surface area contributed by atoms with E-state index in [1.165, 1.54) is 0 Å². The van der Waals surface area contributed by atoms with Gasteiger partial charge in [-0.1, -0.05) is 12.1 Å². The summed E-state index contributed by atoms with van der Waals surface area (Å²) in [5.74, 6) is -1.02. The Balaban J connectivity index is 1.68. The van der Waals surface area contributed by atoms with Crippen LogP contribution in [0.2, 0.25) is 0 Å². The van der Waals surface area contributed by atoms with Crippen molar-refractivity contribution in [2.24, 2.45) is 0 Å². The van der Waals surface area contributed by atoms with E-state index in [0.717, 1.165) is 40.1 Å². The number of hydrogen-bond donors (Lipinski definition) is 1. The van der Waals surface area contributed by atoms with Crippen LogP contribution in [-0.4, -0.2) is 34.7 Å². The maximum atomic E-state index is 11.9.